The van der Waals surface area contributed by atoms with Gasteiger partial charge in [-0.25, -0.2) is 4.79 Å². The van der Waals surface area contributed by atoms with Crippen LogP contribution in [-0.4, -0.2) is 54.0 Å². The molecular weight excluding hydrogens is 400 g/mol. The van der Waals surface area contributed by atoms with Crippen molar-refractivity contribution >= 4 is 17.6 Å². The number of carbonyl (C=O) groups is 2. The number of hydrogen-bond acceptors (Lipinski definition) is 3. The van der Waals surface area contributed by atoms with Crippen LogP contribution in [0.15, 0.2) is 54.6 Å². The number of para-hydroxylation sites is 1. The molecule has 32 heavy (non-hydrogen) atoms. The van der Waals surface area contributed by atoms with Crippen molar-refractivity contribution in [1.82, 2.24) is 15.1 Å². The molecule has 0 radical (unpaired) electrons. The minimum atomic E-state index is -0.0380. The number of anilines is 1. The van der Waals surface area contributed by atoms with Crippen LogP contribution in [0.3, 0.4) is 0 Å². The van der Waals surface area contributed by atoms with Crippen LogP contribution in [0, 0.1) is 12.8 Å². The lowest BCUT2D eigenvalue weighted by Crippen LogP contribution is -2.51. The van der Waals surface area contributed by atoms with Gasteiger partial charge in [0, 0.05) is 50.4 Å². The van der Waals surface area contributed by atoms with Gasteiger partial charge in [0.05, 0.1) is 0 Å². The molecule has 170 valence electrons. The zero-order valence-electron chi connectivity index (χ0n) is 18.9. The summed E-state index contributed by atoms with van der Waals surface area (Å²) in [7, 11) is 0. The first-order chi connectivity index (χ1) is 15.6. The van der Waals surface area contributed by atoms with Crippen molar-refractivity contribution in [2.75, 3.05) is 31.5 Å². The van der Waals surface area contributed by atoms with Crippen molar-refractivity contribution in [3.8, 4) is 0 Å². The van der Waals surface area contributed by atoms with E-state index in [1.807, 2.05) is 35.2 Å². The summed E-state index contributed by atoms with van der Waals surface area (Å²) in [6, 6.07) is 18.3. The monoisotopic (exact) mass is 434 g/mol. The zero-order chi connectivity index (χ0) is 22.3. The lowest BCUT2D eigenvalue weighted by molar-refractivity contribution is -0.121. The first kappa shape index (κ1) is 22.3. The van der Waals surface area contributed by atoms with Crippen LogP contribution in [0.4, 0.5) is 10.5 Å². The standard InChI is InChI=1S/C26H34N4O2/c1-20-7-5-6-8-22(20)19-29-15-13-24(14-16-29)28-26(32)30-17-11-21(12-18-30)25(31)27-23-9-3-2-4-10-23/h2-10,21,24H,11-19H2,1H3,(H,27,31)(H,28,32). The molecule has 0 saturated carbocycles. The molecule has 3 amide bonds. The molecule has 0 unspecified atom stereocenters. The molecule has 2 aliphatic rings. The maximum atomic E-state index is 12.8. The largest absolute Gasteiger partial charge is 0.335 e. The summed E-state index contributed by atoms with van der Waals surface area (Å²) in [5.74, 6) is 0.0150. The van der Waals surface area contributed by atoms with Crippen LogP contribution >= 0.6 is 0 Å². The van der Waals surface area contributed by atoms with E-state index in [0.29, 0.717) is 25.9 Å². The third-order valence-corrected chi connectivity index (χ3v) is 6.76. The summed E-state index contributed by atoms with van der Waals surface area (Å²) in [6.07, 6.45) is 3.38. The van der Waals surface area contributed by atoms with Crippen molar-refractivity contribution in [2.45, 2.75) is 45.2 Å². The third-order valence-electron chi connectivity index (χ3n) is 6.76. The predicted molar refractivity (Wildman–Crippen MR) is 127 cm³/mol. The molecule has 0 atom stereocenters. The fourth-order valence-corrected chi connectivity index (χ4v) is 4.64. The van der Waals surface area contributed by atoms with Gasteiger partial charge in [-0.05, 0) is 55.9 Å². The molecule has 2 aromatic rings. The van der Waals surface area contributed by atoms with Crippen LogP contribution < -0.4 is 10.6 Å². The molecule has 6 nitrogen and oxygen atoms in total. The van der Waals surface area contributed by atoms with E-state index in [4.69, 9.17) is 0 Å². The lowest BCUT2D eigenvalue weighted by Gasteiger charge is -2.36. The number of benzene rings is 2. The highest BCUT2D eigenvalue weighted by atomic mass is 16.2. The number of nitrogens with zero attached hydrogens (tertiary/aromatic N) is 2. The molecule has 2 saturated heterocycles. The van der Waals surface area contributed by atoms with Crippen LogP contribution in [0.25, 0.3) is 0 Å². The second-order valence-corrected chi connectivity index (χ2v) is 9.04. The van der Waals surface area contributed by atoms with Gasteiger partial charge in [-0.1, -0.05) is 42.5 Å². The van der Waals surface area contributed by atoms with Gasteiger partial charge in [-0.3, -0.25) is 9.69 Å². The van der Waals surface area contributed by atoms with Gasteiger partial charge < -0.3 is 15.5 Å². The van der Waals surface area contributed by atoms with E-state index < -0.39 is 0 Å². The summed E-state index contributed by atoms with van der Waals surface area (Å²) < 4.78 is 0. The van der Waals surface area contributed by atoms with Crippen molar-refractivity contribution < 1.29 is 9.59 Å². The van der Waals surface area contributed by atoms with Crippen LogP contribution in [0.1, 0.15) is 36.8 Å². The lowest BCUT2D eigenvalue weighted by atomic mass is 9.96. The Labute approximate surface area is 191 Å². The maximum Gasteiger partial charge on any atom is 0.317 e. The number of nitrogens with one attached hydrogen (secondary N) is 2. The molecule has 0 spiro atoms. The summed E-state index contributed by atoms with van der Waals surface area (Å²) in [5.41, 5.74) is 3.55. The molecule has 0 aliphatic carbocycles. The van der Waals surface area contributed by atoms with Gasteiger partial charge in [0.1, 0.15) is 0 Å². The fraction of sp³-hybridized carbons (Fsp3) is 0.462. The molecule has 4 rings (SSSR count). The molecule has 2 fully saturated rings. The first-order valence-electron chi connectivity index (χ1n) is 11.8. The van der Waals surface area contributed by atoms with Gasteiger partial charge in [0.15, 0.2) is 0 Å². The number of carbonyl (C=O) groups excluding carboxylic acids is 2. The van der Waals surface area contributed by atoms with Crippen molar-refractivity contribution in [3.05, 3.63) is 65.7 Å². The summed E-state index contributed by atoms with van der Waals surface area (Å²) in [6.45, 7) is 6.40. The number of amides is 3. The molecule has 0 bridgehead atoms. The average molecular weight is 435 g/mol. The van der Waals surface area contributed by atoms with E-state index in [1.165, 1.54) is 11.1 Å². The Morgan fingerprint density at radius 3 is 2.22 bits per heavy atom. The SMILES string of the molecule is Cc1ccccc1CN1CCC(NC(=O)N2CCC(C(=O)Nc3ccccc3)CC2)CC1. The molecular formula is C26H34N4O2. The predicted octanol–water partition coefficient (Wildman–Crippen LogP) is 4.02. The number of piperidine rings is 2. The van der Waals surface area contributed by atoms with Gasteiger partial charge in [-0.15, -0.1) is 0 Å². The topological polar surface area (TPSA) is 64.7 Å². The second kappa shape index (κ2) is 10.6. The molecule has 6 heteroatoms. The van der Waals surface area contributed by atoms with Gasteiger partial charge in [-0.2, -0.15) is 0 Å². The quantitative estimate of drug-likeness (QED) is 0.747. The molecule has 2 aromatic carbocycles. The minimum absolute atomic E-state index is 0.0178. The Hall–Kier alpha value is -2.86. The third kappa shape index (κ3) is 5.88. The van der Waals surface area contributed by atoms with Gasteiger partial charge in [0.2, 0.25) is 5.91 Å². The van der Waals surface area contributed by atoms with Gasteiger partial charge in [0.25, 0.3) is 0 Å². The Bertz CT molecular complexity index is 901. The summed E-state index contributed by atoms with van der Waals surface area (Å²) >= 11 is 0. The first-order valence-corrected chi connectivity index (χ1v) is 11.8. The van der Waals surface area contributed by atoms with E-state index >= 15 is 0 Å². The zero-order valence-corrected chi connectivity index (χ0v) is 18.9. The fourth-order valence-electron chi connectivity index (χ4n) is 4.64. The second-order valence-electron chi connectivity index (χ2n) is 9.04. The van der Waals surface area contributed by atoms with Crippen LogP contribution in [-0.2, 0) is 11.3 Å². The van der Waals surface area contributed by atoms with Gasteiger partial charge >= 0.3 is 6.03 Å². The van der Waals surface area contributed by atoms with Crippen LogP contribution in [0.2, 0.25) is 0 Å². The Morgan fingerprint density at radius 2 is 1.53 bits per heavy atom. The highest BCUT2D eigenvalue weighted by Gasteiger charge is 2.29. The summed E-state index contributed by atoms with van der Waals surface area (Å²) in [4.78, 5) is 29.6. The van der Waals surface area contributed by atoms with Crippen molar-refractivity contribution in [1.29, 1.82) is 0 Å². The molecule has 2 heterocycles. The van der Waals surface area contributed by atoms with E-state index in [-0.39, 0.29) is 23.9 Å². The molecule has 0 aromatic heterocycles. The smallest absolute Gasteiger partial charge is 0.317 e. The number of rotatable bonds is 5. The highest BCUT2D eigenvalue weighted by Crippen LogP contribution is 2.21. The Balaban J connectivity index is 1.17. The Morgan fingerprint density at radius 1 is 0.875 bits per heavy atom. The van der Waals surface area contributed by atoms with E-state index in [2.05, 4.69) is 46.7 Å². The minimum Gasteiger partial charge on any atom is -0.335 e. The normalized spacial score (nSPS) is 18.3. The Kier molecular flexibility index (Phi) is 7.43. The average Bonchev–Trinajstić information content (AvgIpc) is 2.82. The van der Waals surface area contributed by atoms with Crippen molar-refractivity contribution in [2.24, 2.45) is 5.92 Å². The summed E-state index contributed by atoms with van der Waals surface area (Å²) in [5, 5.41) is 6.21. The number of urea groups is 1. The maximum absolute atomic E-state index is 12.8. The van der Waals surface area contributed by atoms with E-state index in [9.17, 15) is 9.59 Å². The highest BCUT2D eigenvalue weighted by molar-refractivity contribution is 5.92. The van der Waals surface area contributed by atoms with E-state index in [0.717, 1.165) is 38.2 Å². The van der Waals surface area contributed by atoms with Crippen molar-refractivity contribution in [3.63, 3.8) is 0 Å². The number of likely N-dealkylation sites (tertiary alicyclic amines) is 2. The molecule has 2 aliphatic heterocycles. The van der Waals surface area contributed by atoms with Crippen LogP contribution in [0.5, 0.6) is 0 Å². The van der Waals surface area contributed by atoms with E-state index in [1.54, 1.807) is 0 Å². The number of hydrogen-bond donors (Lipinski definition) is 2. The molecule has 2 N–H and O–H groups in total. The number of aryl methyl sites for hydroxylation is 1.